The van der Waals surface area contributed by atoms with E-state index in [9.17, 15) is 4.79 Å². The van der Waals surface area contributed by atoms with Crippen LogP contribution in [0.2, 0.25) is 0 Å². The highest BCUT2D eigenvalue weighted by atomic mass is 16.5. The second kappa shape index (κ2) is 6.03. The van der Waals surface area contributed by atoms with E-state index in [2.05, 4.69) is 10.5 Å². The highest BCUT2D eigenvalue weighted by Crippen LogP contribution is 2.19. The van der Waals surface area contributed by atoms with Crippen LogP contribution < -0.4 is 5.32 Å². The third kappa shape index (κ3) is 2.92. The van der Waals surface area contributed by atoms with Crippen LogP contribution >= 0.6 is 0 Å². The van der Waals surface area contributed by atoms with Gasteiger partial charge < -0.3 is 9.84 Å². The zero-order valence-electron chi connectivity index (χ0n) is 11.3. The van der Waals surface area contributed by atoms with E-state index >= 15 is 0 Å². The number of amides is 1. The van der Waals surface area contributed by atoms with Crippen molar-refractivity contribution in [1.82, 2.24) is 10.5 Å². The van der Waals surface area contributed by atoms with Crippen LogP contribution in [0.4, 0.5) is 0 Å². The van der Waals surface area contributed by atoms with Gasteiger partial charge in [0.05, 0.1) is 5.69 Å². The Labute approximate surface area is 108 Å². The topological polar surface area (TPSA) is 55.1 Å². The van der Waals surface area contributed by atoms with Gasteiger partial charge in [0.1, 0.15) is 11.3 Å². The normalized spacial score (nSPS) is 17.4. The highest BCUT2D eigenvalue weighted by molar-refractivity contribution is 5.96. The predicted molar refractivity (Wildman–Crippen MR) is 69.6 cm³/mol. The molecule has 0 aliphatic heterocycles. The van der Waals surface area contributed by atoms with Gasteiger partial charge in [-0.3, -0.25) is 4.79 Å². The molecule has 1 heterocycles. The lowest BCUT2D eigenvalue weighted by Crippen LogP contribution is -2.35. The molecular weight excluding hydrogens is 228 g/mol. The van der Waals surface area contributed by atoms with Gasteiger partial charge in [0, 0.05) is 6.04 Å². The smallest absolute Gasteiger partial charge is 0.257 e. The molecule has 0 bridgehead atoms. The van der Waals surface area contributed by atoms with E-state index < -0.39 is 0 Å². The van der Waals surface area contributed by atoms with Crippen LogP contribution in [0.5, 0.6) is 0 Å². The number of carbonyl (C=O) groups is 1. The maximum absolute atomic E-state index is 12.3. The molecular formula is C14H22N2O2. The van der Waals surface area contributed by atoms with Gasteiger partial charge in [-0.25, -0.2) is 0 Å². The number of aromatic nitrogens is 1. The Kier molecular flexibility index (Phi) is 4.39. The summed E-state index contributed by atoms with van der Waals surface area (Å²) in [5.41, 5.74) is 1.40. The average Bonchev–Trinajstić information content (AvgIpc) is 2.57. The minimum atomic E-state index is -0.0162. The predicted octanol–water partition coefficient (Wildman–Crippen LogP) is 3.00. The summed E-state index contributed by atoms with van der Waals surface area (Å²) in [7, 11) is 0. The number of carbonyl (C=O) groups excluding carboxylic acids is 1. The van der Waals surface area contributed by atoms with E-state index in [0.29, 0.717) is 17.4 Å². The van der Waals surface area contributed by atoms with Crippen LogP contribution in [-0.4, -0.2) is 17.1 Å². The van der Waals surface area contributed by atoms with Crippen LogP contribution in [-0.2, 0) is 6.42 Å². The maximum Gasteiger partial charge on any atom is 0.257 e. The van der Waals surface area contributed by atoms with Crippen molar-refractivity contribution in [3.63, 3.8) is 0 Å². The lowest BCUT2D eigenvalue weighted by atomic mass is 10.1. The van der Waals surface area contributed by atoms with Gasteiger partial charge in [-0.1, -0.05) is 37.8 Å². The summed E-state index contributed by atoms with van der Waals surface area (Å²) in [6.07, 6.45) is 7.93. The molecule has 0 atom stereocenters. The van der Waals surface area contributed by atoms with Gasteiger partial charge >= 0.3 is 0 Å². The SMILES string of the molecule is CCc1noc(C)c1C(=O)NC1CCCCCC1. The molecule has 1 fully saturated rings. The second-order valence-corrected chi connectivity index (χ2v) is 5.08. The Morgan fingerprint density at radius 1 is 1.33 bits per heavy atom. The van der Waals surface area contributed by atoms with E-state index in [-0.39, 0.29) is 5.91 Å². The van der Waals surface area contributed by atoms with Crippen LogP contribution in [0.15, 0.2) is 4.52 Å². The zero-order valence-corrected chi connectivity index (χ0v) is 11.3. The van der Waals surface area contributed by atoms with E-state index in [1.54, 1.807) is 6.92 Å². The van der Waals surface area contributed by atoms with Crippen LogP contribution in [0.1, 0.15) is 67.3 Å². The first-order chi connectivity index (χ1) is 8.72. The van der Waals surface area contributed by atoms with Crippen molar-refractivity contribution >= 4 is 5.91 Å². The van der Waals surface area contributed by atoms with E-state index in [1.165, 1.54) is 25.7 Å². The molecule has 4 nitrogen and oxygen atoms in total. The summed E-state index contributed by atoms with van der Waals surface area (Å²) in [6.45, 7) is 3.79. The molecule has 0 spiro atoms. The number of nitrogens with zero attached hydrogens (tertiary/aromatic N) is 1. The van der Waals surface area contributed by atoms with Crippen molar-refractivity contribution in [3.05, 3.63) is 17.0 Å². The van der Waals surface area contributed by atoms with Crippen molar-refractivity contribution in [2.45, 2.75) is 64.8 Å². The molecule has 1 saturated carbocycles. The van der Waals surface area contributed by atoms with E-state index in [1.807, 2.05) is 6.92 Å². The lowest BCUT2D eigenvalue weighted by Gasteiger charge is -2.16. The van der Waals surface area contributed by atoms with Gasteiger partial charge in [-0.05, 0) is 26.2 Å². The molecule has 1 aliphatic rings. The fourth-order valence-corrected chi connectivity index (χ4v) is 2.63. The Bertz CT molecular complexity index is 404. The molecule has 1 aromatic heterocycles. The third-order valence-corrected chi connectivity index (χ3v) is 3.69. The zero-order chi connectivity index (χ0) is 13.0. The summed E-state index contributed by atoms with van der Waals surface area (Å²) in [4.78, 5) is 12.3. The average molecular weight is 250 g/mol. The number of rotatable bonds is 3. The maximum atomic E-state index is 12.3. The lowest BCUT2D eigenvalue weighted by molar-refractivity contribution is 0.0931. The molecule has 1 N–H and O–H groups in total. The summed E-state index contributed by atoms with van der Waals surface area (Å²) >= 11 is 0. The number of nitrogens with one attached hydrogen (secondary N) is 1. The summed E-state index contributed by atoms with van der Waals surface area (Å²) in [6, 6.07) is 0.319. The molecule has 1 aliphatic carbocycles. The minimum absolute atomic E-state index is 0.0162. The fraction of sp³-hybridized carbons (Fsp3) is 0.714. The van der Waals surface area contributed by atoms with Crippen molar-refractivity contribution in [1.29, 1.82) is 0 Å². The first-order valence-corrected chi connectivity index (χ1v) is 6.98. The molecule has 0 saturated heterocycles. The number of aryl methyl sites for hydroxylation is 2. The van der Waals surface area contributed by atoms with Gasteiger partial charge in [0.15, 0.2) is 0 Å². The third-order valence-electron chi connectivity index (χ3n) is 3.69. The van der Waals surface area contributed by atoms with Crippen LogP contribution in [0.3, 0.4) is 0 Å². The Hall–Kier alpha value is -1.32. The molecule has 4 heteroatoms. The van der Waals surface area contributed by atoms with Gasteiger partial charge in [-0.15, -0.1) is 0 Å². The van der Waals surface area contributed by atoms with Crippen molar-refractivity contribution in [3.8, 4) is 0 Å². The molecule has 1 amide bonds. The van der Waals surface area contributed by atoms with Gasteiger partial charge in [-0.2, -0.15) is 0 Å². The van der Waals surface area contributed by atoms with Gasteiger partial charge in [0.2, 0.25) is 0 Å². The van der Waals surface area contributed by atoms with E-state index in [4.69, 9.17) is 4.52 Å². The Morgan fingerprint density at radius 3 is 2.61 bits per heavy atom. The van der Waals surface area contributed by atoms with Gasteiger partial charge in [0.25, 0.3) is 5.91 Å². The molecule has 100 valence electrons. The number of hydrogen-bond acceptors (Lipinski definition) is 3. The molecule has 18 heavy (non-hydrogen) atoms. The first-order valence-electron chi connectivity index (χ1n) is 6.98. The van der Waals surface area contributed by atoms with Crippen molar-refractivity contribution < 1.29 is 9.32 Å². The molecule has 0 unspecified atom stereocenters. The molecule has 0 radical (unpaired) electrons. The second-order valence-electron chi connectivity index (χ2n) is 5.08. The molecule has 0 aromatic carbocycles. The minimum Gasteiger partial charge on any atom is -0.361 e. The highest BCUT2D eigenvalue weighted by Gasteiger charge is 2.22. The van der Waals surface area contributed by atoms with Crippen molar-refractivity contribution in [2.75, 3.05) is 0 Å². The fourth-order valence-electron chi connectivity index (χ4n) is 2.63. The van der Waals surface area contributed by atoms with Crippen LogP contribution in [0.25, 0.3) is 0 Å². The Balaban J connectivity index is 2.04. The molecule has 2 rings (SSSR count). The Morgan fingerprint density at radius 2 is 2.00 bits per heavy atom. The largest absolute Gasteiger partial charge is 0.361 e. The van der Waals surface area contributed by atoms with Crippen LogP contribution in [0, 0.1) is 6.92 Å². The van der Waals surface area contributed by atoms with Crippen molar-refractivity contribution in [2.24, 2.45) is 0 Å². The first kappa shape index (κ1) is 13.1. The summed E-state index contributed by atoms with van der Waals surface area (Å²) in [5.74, 6) is 0.607. The molecule has 1 aromatic rings. The van der Waals surface area contributed by atoms with E-state index in [0.717, 1.165) is 25.0 Å². The summed E-state index contributed by atoms with van der Waals surface area (Å²) in [5, 5.41) is 7.07. The monoisotopic (exact) mass is 250 g/mol. The standard InChI is InChI=1S/C14H22N2O2/c1-3-12-13(10(2)18-16-12)14(17)15-11-8-6-4-5-7-9-11/h11H,3-9H2,1-2H3,(H,15,17). The quantitative estimate of drug-likeness (QED) is 0.839. The number of hydrogen-bond donors (Lipinski definition) is 1. The summed E-state index contributed by atoms with van der Waals surface area (Å²) < 4.78 is 5.11.